The van der Waals surface area contributed by atoms with Crippen molar-refractivity contribution < 1.29 is 14.1 Å². The molecule has 1 fully saturated rings. The van der Waals surface area contributed by atoms with Gasteiger partial charge in [-0.05, 0) is 57.3 Å². The average Bonchev–Trinajstić information content (AvgIpc) is 2.84. The number of rotatable bonds is 4. The van der Waals surface area contributed by atoms with Gasteiger partial charge in [0.1, 0.15) is 0 Å². The number of allylic oxidation sites excluding steroid dienone is 1. The van der Waals surface area contributed by atoms with Crippen molar-refractivity contribution in [2.24, 2.45) is 0 Å². The molecule has 154 valence electrons. The van der Waals surface area contributed by atoms with E-state index in [2.05, 4.69) is 13.2 Å². The molecule has 0 saturated carbocycles. The lowest BCUT2D eigenvalue weighted by Crippen LogP contribution is -2.47. The van der Waals surface area contributed by atoms with Gasteiger partial charge in [-0.15, -0.1) is 0 Å². The molecule has 0 radical (unpaired) electrons. The lowest BCUT2D eigenvalue weighted by Gasteiger charge is -2.37. The number of hydrogen-bond acceptors (Lipinski definition) is 3. The summed E-state index contributed by atoms with van der Waals surface area (Å²) in [6, 6.07) is 5.65. The van der Waals surface area contributed by atoms with E-state index < -0.39 is 18.3 Å². The summed E-state index contributed by atoms with van der Waals surface area (Å²) < 4.78 is 12.4. The molecule has 0 N–H and O–H groups in total. The van der Waals surface area contributed by atoms with Crippen LogP contribution in [0.1, 0.15) is 33.3 Å². The monoisotopic (exact) mass is 414 g/mol. The Hall–Kier alpha value is -2.02. The molecule has 1 saturated heterocycles. The Morgan fingerprint density at radius 1 is 1.24 bits per heavy atom. The van der Waals surface area contributed by atoms with Crippen LogP contribution in [0.15, 0.2) is 53.7 Å². The average molecular weight is 415 g/mol. The largest absolute Gasteiger partial charge is 0.495 e. The zero-order chi connectivity index (χ0) is 21.7. The van der Waals surface area contributed by atoms with Crippen LogP contribution >= 0.6 is 11.6 Å². The molecule has 7 heteroatoms. The van der Waals surface area contributed by atoms with Crippen LogP contribution < -0.4 is 10.4 Å². The Labute approximate surface area is 178 Å². The van der Waals surface area contributed by atoms with E-state index in [1.54, 1.807) is 18.0 Å². The Morgan fingerprint density at radius 3 is 2.34 bits per heavy atom. The van der Waals surface area contributed by atoms with Gasteiger partial charge < -0.3 is 9.31 Å². The van der Waals surface area contributed by atoms with Crippen molar-refractivity contribution in [2.45, 2.75) is 45.8 Å². The first kappa shape index (κ1) is 21.7. The van der Waals surface area contributed by atoms with E-state index in [0.717, 1.165) is 22.3 Å². The fraction of sp³-hybridized carbons (Fsp3) is 0.409. The van der Waals surface area contributed by atoms with Gasteiger partial charge in [0.05, 0.1) is 28.5 Å². The van der Waals surface area contributed by atoms with Crippen LogP contribution in [0.5, 0.6) is 0 Å². The number of halogens is 1. The highest BCUT2D eigenvalue weighted by atomic mass is 35.5. The van der Waals surface area contributed by atoms with E-state index in [-0.39, 0.29) is 6.03 Å². The topological polar surface area (TPSA) is 42.0 Å². The highest BCUT2D eigenvalue weighted by Gasteiger charge is 2.52. The maximum Gasteiger partial charge on any atom is 0.495 e. The molecule has 5 nitrogen and oxygen atoms in total. The Balaban J connectivity index is 2.02. The zero-order valence-corrected chi connectivity index (χ0v) is 18.8. The van der Waals surface area contributed by atoms with E-state index in [9.17, 15) is 4.79 Å². The van der Waals surface area contributed by atoms with Crippen LogP contribution in [0, 0.1) is 6.92 Å². The summed E-state index contributed by atoms with van der Waals surface area (Å²) in [5, 5.41) is 0.318. The second kappa shape index (κ2) is 7.35. The van der Waals surface area contributed by atoms with E-state index in [4.69, 9.17) is 20.9 Å². The Bertz CT molecular complexity index is 907. The fourth-order valence-electron chi connectivity index (χ4n) is 3.67. The highest BCUT2D eigenvalue weighted by Crippen LogP contribution is 2.37. The van der Waals surface area contributed by atoms with Gasteiger partial charge in [0.15, 0.2) is 0 Å². The molecular weight excluding hydrogens is 387 g/mol. The van der Waals surface area contributed by atoms with Gasteiger partial charge in [0, 0.05) is 12.7 Å². The summed E-state index contributed by atoms with van der Waals surface area (Å²) in [5.74, 6) is 0. The van der Waals surface area contributed by atoms with Gasteiger partial charge in [-0.3, -0.25) is 9.80 Å². The molecule has 0 atom stereocenters. The molecular formula is C22H28BClN2O3. The molecule has 2 aliphatic heterocycles. The summed E-state index contributed by atoms with van der Waals surface area (Å²) in [5.41, 5.74) is 3.21. The van der Waals surface area contributed by atoms with Gasteiger partial charge in [0.25, 0.3) is 0 Å². The summed E-state index contributed by atoms with van der Waals surface area (Å²) >= 11 is 6.13. The first-order valence-electron chi connectivity index (χ1n) is 9.62. The summed E-state index contributed by atoms with van der Waals surface area (Å²) in [6.07, 6.45) is 1.71. The Morgan fingerprint density at radius 2 is 1.83 bits per heavy atom. The number of carbonyl (C=O) groups excluding carboxylic acids is 1. The smallest absolute Gasteiger partial charge is 0.399 e. The van der Waals surface area contributed by atoms with Crippen molar-refractivity contribution in [1.29, 1.82) is 0 Å². The van der Waals surface area contributed by atoms with Crippen LogP contribution in [0.3, 0.4) is 0 Å². The number of anilines is 1. The predicted molar refractivity (Wildman–Crippen MR) is 120 cm³/mol. The van der Waals surface area contributed by atoms with Crippen LogP contribution in [-0.4, -0.2) is 42.8 Å². The van der Waals surface area contributed by atoms with Gasteiger partial charge >= 0.3 is 13.1 Å². The fourth-order valence-corrected chi connectivity index (χ4v) is 3.92. The normalized spacial score (nSPS) is 21.1. The number of carbonyl (C=O) groups is 1. The third-order valence-electron chi connectivity index (χ3n) is 6.13. The second-order valence-electron chi connectivity index (χ2n) is 8.49. The van der Waals surface area contributed by atoms with E-state index in [1.165, 1.54) is 4.90 Å². The molecule has 0 bridgehead atoms. The van der Waals surface area contributed by atoms with Crippen LogP contribution in [0.2, 0.25) is 0 Å². The Kier molecular flexibility index (Phi) is 5.50. The number of amides is 2. The number of likely N-dealkylation sites (N-methyl/N-ethyl adjacent to an activating group) is 1. The number of urea groups is 1. The van der Waals surface area contributed by atoms with Crippen molar-refractivity contribution in [1.82, 2.24) is 4.90 Å². The van der Waals surface area contributed by atoms with E-state index in [0.29, 0.717) is 17.3 Å². The highest BCUT2D eigenvalue weighted by molar-refractivity contribution is 6.62. The van der Waals surface area contributed by atoms with Gasteiger partial charge in [-0.25, -0.2) is 4.79 Å². The molecule has 2 heterocycles. The maximum atomic E-state index is 13.1. The van der Waals surface area contributed by atoms with E-state index >= 15 is 0 Å². The number of nitrogens with zero attached hydrogens (tertiary/aromatic N) is 2. The quantitative estimate of drug-likeness (QED) is 0.688. The summed E-state index contributed by atoms with van der Waals surface area (Å²) in [7, 11) is 1.19. The van der Waals surface area contributed by atoms with Crippen molar-refractivity contribution in [2.75, 3.05) is 18.5 Å². The predicted octanol–water partition coefficient (Wildman–Crippen LogP) is 4.36. The van der Waals surface area contributed by atoms with Crippen molar-refractivity contribution in [3.63, 3.8) is 0 Å². The third kappa shape index (κ3) is 3.54. The van der Waals surface area contributed by atoms with Gasteiger partial charge in [0.2, 0.25) is 0 Å². The first-order valence-corrected chi connectivity index (χ1v) is 10.00. The molecule has 0 unspecified atom stereocenters. The van der Waals surface area contributed by atoms with Crippen molar-refractivity contribution >= 4 is 35.9 Å². The summed E-state index contributed by atoms with van der Waals surface area (Å²) in [6.45, 7) is 18.1. The van der Waals surface area contributed by atoms with Crippen LogP contribution in [-0.2, 0) is 9.31 Å². The third-order valence-corrected chi connectivity index (χ3v) is 6.31. The van der Waals surface area contributed by atoms with Gasteiger partial charge in [-0.2, -0.15) is 0 Å². The molecule has 2 aliphatic rings. The number of benzene rings is 1. The summed E-state index contributed by atoms with van der Waals surface area (Å²) in [4.78, 5) is 16.3. The van der Waals surface area contributed by atoms with Gasteiger partial charge in [-0.1, -0.05) is 43.0 Å². The molecule has 29 heavy (non-hydrogen) atoms. The maximum absolute atomic E-state index is 13.1. The lowest BCUT2D eigenvalue weighted by molar-refractivity contribution is 0.00578. The minimum Gasteiger partial charge on any atom is -0.399 e. The minimum atomic E-state index is -0.495. The first-order chi connectivity index (χ1) is 13.4. The standard InChI is InChI=1S/C22H28BClN2O3/c1-9-16-13-26(20(27)25(8)19(16)15(3)24)18-12-10-11-17(14(18)2)23-28-21(4,5)22(6,7)29-23/h9-12H,1,3,13H2,2,4-8H3. The second-order valence-corrected chi connectivity index (χ2v) is 8.95. The van der Waals surface area contributed by atoms with E-state index in [1.807, 2.05) is 52.8 Å². The lowest BCUT2D eigenvalue weighted by atomic mass is 9.75. The van der Waals surface area contributed by atoms with Crippen molar-refractivity contribution in [3.05, 3.63) is 59.3 Å². The molecule has 1 aromatic rings. The van der Waals surface area contributed by atoms with Crippen LogP contribution in [0.4, 0.5) is 10.5 Å². The zero-order valence-electron chi connectivity index (χ0n) is 18.0. The molecule has 0 aromatic heterocycles. The number of hydrogen-bond donors (Lipinski definition) is 0. The molecule has 1 aromatic carbocycles. The molecule has 0 aliphatic carbocycles. The van der Waals surface area contributed by atoms with Crippen LogP contribution in [0.25, 0.3) is 0 Å². The molecule has 2 amide bonds. The molecule has 0 spiro atoms. The minimum absolute atomic E-state index is 0.179. The van der Waals surface area contributed by atoms with Crippen molar-refractivity contribution in [3.8, 4) is 0 Å². The molecule has 3 rings (SSSR count). The SMILES string of the molecule is C=CC1=C(C(=C)Cl)N(C)C(=O)N(c2cccc(B3OC(C)(C)C(C)(C)O3)c2C)C1.